The summed E-state index contributed by atoms with van der Waals surface area (Å²) in [5.74, 6) is 0.293. The Labute approximate surface area is 127 Å². The molecular formula is C14H15ClN4O2. The molecule has 0 aliphatic carbocycles. The molecule has 1 heterocycles. The molecule has 0 atom stereocenters. The molecule has 0 saturated carbocycles. The van der Waals surface area contributed by atoms with Crippen molar-refractivity contribution in [3.63, 3.8) is 0 Å². The lowest BCUT2D eigenvalue weighted by atomic mass is 10.2. The van der Waals surface area contributed by atoms with Gasteiger partial charge < -0.3 is 10.5 Å². The van der Waals surface area contributed by atoms with Gasteiger partial charge >= 0.3 is 0 Å². The molecule has 1 amide bonds. The van der Waals surface area contributed by atoms with Crippen molar-refractivity contribution in [3.05, 3.63) is 40.7 Å². The van der Waals surface area contributed by atoms with Crippen LogP contribution in [0.1, 0.15) is 23.0 Å². The van der Waals surface area contributed by atoms with Gasteiger partial charge in [-0.05, 0) is 32.0 Å². The summed E-state index contributed by atoms with van der Waals surface area (Å²) in [6, 6.07) is 6.41. The summed E-state index contributed by atoms with van der Waals surface area (Å²) >= 11 is 5.83. The Morgan fingerprint density at radius 1 is 1.33 bits per heavy atom. The third kappa shape index (κ3) is 4.06. The largest absolute Gasteiger partial charge is 0.494 e. The molecule has 1 aromatic carbocycles. The average molecular weight is 307 g/mol. The number of amides is 1. The number of rotatable bonds is 4. The number of ether oxygens (including phenoxy) is 1. The Balaban J connectivity index is 2.23. The van der Waals surface area contributed by atoms with Gasteiger partial charge in [-0.25, -0.2) is 9.97 Å². The fourth-order valence-corrected chi connectivity index (χ4v) is 2.00. The monoisotopic (exact) mass is 306 g/mol. The zero-order chi connectivity index (χ0) is 15.4. The zero-order valence-corrected chi connectivity index (χ0v) is 12.4. The predicted octanol–water partition coefficient (Wildman–Crippen LogP) is 2.67. The first kappa shape index (κ1) is 15.1. The van der Waals surface area contributed by atoms with Gasteiger partial charge in [0.15, 0.2) is 0 Å². The molecule has 0 unspecified atom stereocenters. The molecule has 0 bridgehead atoms. The van der Waals surface area contributed by atoms with E-state index in [0.29, 0.717) is 29.3 Å². The minimum atomic E-state index is -0.384. The second-order valence-corrected chi connectivity index (χ2v) is 4.72. The van der Waals surface area contributed by atoms with Crippen molar-refractivity contribution in [2.45, 2.75) is 13.8 Å². The zero-order valence-electron chi connectivity index (χ0n) is 11.7. The van der Waals surface area contributed by atoms with Gasteiger partial charge in [-0.2, -0.15) is 0 Å². The van der Waals surface area contributed by atoms with Gasteiger partial charge in [-0.1, -0.05) is 11.6 Å². The number of aromatic nitrogens is 2. The molecule has 2 rings (SSSR count). The molecule has 2 aromatic rings. The van der Waals surface area contributed by atoms with Crippen LogP contribution in [0.3, 0.4) is 0 Å². The van der Waals surface area contributed by atoms with Crippen LogP contribution < -0.4 is 15.8 Å². The minimum absolute atomic E-state index is 0.144. The normalized spacial score (nSPS) is 10.2. The van der Waals surface area contributed by atoms with E-state index in [4.69, 9.17) is 22.1 Å². The average Bonchev–Trinajstić information content (AvgIpc) is 2.37. The number of nitrogen functional groups attached to an aromatic ring is 1. The van der Waals surface area contributed by atoms with Crippen LogP contribution in [0.15, 0.2) is 24.3 Å². The Morgan fingerprint density at radius 2 is 2.10 bits per heavy atom. The molecular weight excluding hydrogens is 292 g/mol. The number of carbonyl (C=O) groups is 1. The Morgan fingerprint density at radius 3 is 2.76 bits per heavy atom. The van der Waals surface area contributed by atoms with E-state index in [2.05, 4.69) is 15.3 Å². The van der Waals surface area contributed by atoms with E-state index in [-0.39, 0.29) is 17.0 Å². The number of hydrogen-bond acceptors (Lipinski definition) is 5. The highest BCUT2D eigenvalue weighted by Crippen LogP contribution is 2.20. The molecule has 0 aliphatic heterocycles. The molecule has 21 heavy (non-hydrogen) atoms. The van der Waals surface area contributed by atoms with Crippen LogP contribution in [-0.2, 0) is 0 Å². The summed E-state index contributed by atoms with van der Waals surface area (Å²) in [4.78, 5) is 20.2. The van der Waals surface area contributed by atoms with Crippen molar-refractivity contribution >= 4 is 29.1 Å². The lowest BCUT2D eigenvalue weighted by Crippen LogP contribution is -2.15. The maximum Gasteiger partial charge on any atom is 0.258 e. The van der Waals surface area contributed by atoms with Crippen molar-refractivity contribution < 1.29 is 9.53 Å². The maximum atomic E-state index is 12.2. The SMILES string of the molecule is CCOc1cc(N)cc(C(=O)Nc2nc(C)cc(Cl)n2)c1. The molecule has 110 valence electrons. The number of halogens is 1. The van der Waals surface area contributed by atoms with E-state index in [1.807, 2.05) is 6.92 Å². The molecule has 0 saturated heterocycles. The maximum absolute atomic E-state index is 12.2. The van der Waals surface area contributed by atoms with Crippen LogP contribution >= 0.6 is 11.6 Å². The fourth-order valence-electron chi connectivity index (χ4n) is 1.76. The van der Waals surface area contributed by atoms with E-state index in [9.17, 15) is 4.79 Å². The topological polar surface area (TPSA) is 90.1 Å². The first-order valence-electron chi connectivity index (χ1n) is 6.34. The van der Waals surface area contributed by atoms with Gasteiger partial charge in [0.1, 0.15) is 10.9 Å². The van der Waals surface area contributed by atoms with Crippen molar-refractivity contribution in [1.29, 1.82) is 0 Å². The van der Waals surface area contributed by atoms with Crippen LogP contribution in [0.5, 0.6) is 5.75 Å². The summed E-state index contributed by atoms with van der Waals surface area (Å²) in [6.07, 6.45) is 0. The number of nitrogens with one attached hydrogen (secondary N) is 1. The standard InChI is InChI=1S/C14H15ClN4O2/c1-3-21-11-6-9(5-10(16)7-11)13(20)19-14-17-8(2)4-12(15)18-14/h4-7H,3,16H2,1-2H3,(H,17,18,19,20). The van der Waals surface area contributed by atoms with Crippen molar-refractivity contribution in [3.8, 4) is 5.75 Å². The fraction of sp³-hybridized carbons (Fsp3) is 0.214. The Hall–Kier alpha value is -2.34. The van der Waals surface area contributed by atoms with Crippen LogP contribution in [0.2, 0.25) is 5.15 Å². The molecule has 7 heteroatoms. The minimum Gasteiger partial charge on any atom is -0.494 e. The van der Waals surface area contributed by atoms with Gasteiger partial charge in [0, 0.05) is 23.0 Å². The van der Waals surface area contributed by atoms with Gasteiger partial charge in [-0.3, -0.25) is 10.1 Å². The Kier molecular flexibility index (Phi) is 4.59. The van der Waals surface area contributed by atoms with Gasteiger partial charge in [0.2, 0.25) is 5.95 Å². The third-order valence-electron chi connectivity index (χ3n) is 2.55. The molecule has 0 spiro atoms. The molecule has 3 N–H and O–H groups in total. The molecule has 1 aromatic heterocycles. The second kappa shape index (κ2) is 6.41. The lowest BCUT2D eigenvalue weighted by Gasteiger charge is -2.08. The Bertz CT molecular complexity index is 656. The number of benzene rings is 1. The number of nitrogens with zero attached hydrogens (tertiary/aromatic N) is 2. The highest BCUT2D eigenvalue weighted by Gasteiger charge is 2.11. The summed E-state index contributed by atoms with van der Waals surface area (Å²) in [5, 5.41) is 2.84. The van der Waals surface area contributed by atoms with E-state index >= 15 is 0 Å². The molecule has 0 radical (unpaired) electrons. The van der Waals surface area contributed by atoms with E-state index in [1.54, 1.807) is 31.2 Å². The second-order valence-electron chi connectivity index (χ2n) is 4.33. The smallest absolute Gasteiger partial charge is 0.258 e. The van der Waals surface area contributed by atoms with E-state index in [0.717, 1.165) is 0 Å². The third-order valence-corrected chi connectivity index (χ3v) is 2.74. The highest BCUT2D eigenvalue weighted by atomic mass is 35.5. The van der Waals surface area contributed by atoms with Crippen molar-refractivity contribution in [2.75, 3.05) is 17.7 Å². The number of hydrogen-bond donors (Lipinski definition) is 2. The van der Waals surface area contributed by atoms with Gasteiger partial charge in [0.05, 0.1) is 6.61 Å². The van der Waals surface area contributed by atoms with E-state index in [1.165, 1.54) is 0 Å². The van der Waals surface area contributed by atoms with Crippen molar-refractivity contribution in [2.24, 2.45) is 0 Å². The lowest BCUT2D eigenvalue weighted by molar-refractivity contribution is 0.102. The number of carbonyl (C=O) groups excluding carboxylic acids is 1. The van der Waals surface area contributed by atoms with Crippen molar-refractivity contribution in [1.82, 2.24) is 9.97 Å². The molecule has 6 nitrogen and oxygen atoms in total. The highest BCUT2D eigenvalue weighted by molar-refractivity contribution is 6.29. The summed E-state index contributed by atoms with van der Waals surface area (Å²) in [5.41, 5.74) is 7.22. The first-order chi connectivity index (χ1) is 9.97. The van der Waals surface area contributed by atoms with Crippen LogP contribution in [0.4, 0.5) is 11.6 Å². The van der Waals surface area contributed by atoms with Crippen LogP contribution in [-0.4, -0.2) is 22.5 Å². The number of anilines is 2. The predicted molar refractivity (Wildman–Crippen MR) is 81.8 cm³/mol. The number of nitrogens with two attached hydrogens (primary N) is 1. The quantitative estimate of drug-likeness (QED) is 0.669. The first-order valence-corrected chi connectivity index (χ1v) is 6.71. The number of aryl methyl sites for hydroxylation is 1. The summed E-state index contributed by atoms with van der Waals surface area (Å²) < 4.78 is 5.35. The summed E-state index contributed by atoms with van der Waals surface area (Å²) in [7, 11) is 0. The van der Waals surface area contributed by atoms with Crippen LogP contribution in [0.25, 0.3) is 0 Å². The summed E-state index contributed by atoms with van der Waals surface area (Å²) in [6.45, 7) is 4.10. The van der Waals surface area contributed by atoms with Gasteiger partial charge in [-0.15, -0.1) is 0 Å². The van der Waals surface area contributed by atoms with Gasteiger partial charge in [0.25, 0.3) is 5.91 Å². The molecule has 0 aliphatic rings. The molecule has 0 fully saturated rings. The van der Waals surface area contributed by atoms with E-state index < -0.39 is 0 Å². The van der Waals surface area contributed by atoms with Crippen LogP contribution in [0, 0.1) is 6.92 Å².